The third-order valence-electron chi connectivity index (χ3n) is 6.40. The third kappa shape index (κ3) is 3.14. The molecule has 1 N–H and O–H groups in total. The first kappa shape index (κ1) is 16.8. The van der Waals surface area contributed by atoms with Gasteiger partial charge in [-0.05, 0) is 69.6 Å². The normalized spacial score (nSPS) is 23.7. The molecule has 0 bridgehead atoms. The fraction of sp³-hybridized carbons (Fsp3) is 0.650. The van der Waals surface area contributed by atoms with Crippen LogP contribution in [0.3, 0.4) is 0 Å². The standard InChI is InChI=1S/C20H28FN3O/c1-23-11-9-20(10-12-23)14-24(18-8-7-15(21)13-17(18)20)19(25)22-16-5-3-2-4-6-16/h7-8,13,16H,2-6,9-12,14H2,1H3,(H,22,25). The van der Waals surface area contributed by atoms with Crippen molar-refractivity contribution in [2.45, 2.75) is 56.4 Å². The Bertz CT molecular complexity index is 648. The van der Waals surface area contributed by atoms with E-state index in [4.69, 9.17) is 0 Å². The van der Waals surface area contributed by atoms with Crippen LogP contribution in [0.5, 0.6) is 0 Å². The largest absolute Gasteiger partial charge is 0.335 e. The maximum Gasteiger partial charge on any atom is 0.322 e. The molecule has 1 aliphatic carbocycles. The first-order valence-corrected chi connectivity index (χ1v) is 9.64. The molecule has 1 aromatic carbocycles. The van der Waals surface area contributed by atoms with Gasteiger partial charge in [0.2, 0.25) is 0 Å². The Morgan fingerprint density at radius 2 is 1.92 bits per heavy atom. The number of hydrogen-bond donors (Lipinski definition) is 1. The Morgan fingerprint density at radius 3 is 2.64 bits per heavy atom. The van der Waals surface area contributed by atoms with Crippen molar-refractivity contribution in [3.8, 4) is 0 Å². The molecule has 2 aliphatic heterocycles. The summed E-state index contributed by atoms with van der Waals surface area (Å²) < 4.78 is 13.9. The number of likely N-dealkylation sites (tertiary alicyclic amines) is 1. The molecule has 5 heteroatoms. The van der Waals surface area contributed by atoms with Gasteiger partial charge in [0.15, 0.2) is 0 Å². The zero-order valence-corrected chi connectivity index (χ0v) is 15.1. The summed E-state index contributed by atoms with van der Waals surface area (Å²) in [5.41, 5.74) is 1.84. The lowest BCUT2D eigenvalue weighted by atomic mass is 9.74. The molecule has 2 fully saturated rings. The van der Waals surface area contributed by atoms with Gasteiger partial charge in [0.25, 0.3) is 0 Å². The number of benzene rings is 1. The number of urea groups is 1. The summed E-state index contributed by atoms with van der Waals surface area (Å²) in [5.74, 6) is -0.202. The van der Waals surface area contributed by atoms with E-state index in [1.54, 1.807) is 12.1 Å². The van der Waals surface area contributed by atoms with Crippen molar-refractivity contribution in [3.05, 3.63) is 29.6 Å². The van der Waals surface area contributed by atoms with Crippen LogP contribution in [0.1, 0.15) is 50.5 Å². The molecule has 4 rings (SSSR count). The van der Waals surface area contributed by atoms with Crippen molar-refractivity contribution in [2.24, 2.45) is 0 Å². The van der Waals surface area contributed by atoms with E-state index in [2.05, 4.69) is 17.3 Å². The number of amides is 2. The first-order chi connectivity index (χ1) is 12.1. The highest BCUT2D eigenvalue weighted by Crippen LogP contribution is 2.47. The van der Waals surface area contributed by atoms with E-state index in [9.17, 15) is 9.18 Å². The lowest BCUT2D eigenvalue weighted by Crippen LogP contribution is -2.49. The van der Waals surface area contributed by atoms with Crippen LogP contribution in [0.2, 0.25) is 0 Å². The van der Waals surface area contributed by atoms with Crippen LogP contribution in [-0.2, 0) is 5.41 Å². The molecule has 0 aromatic heterocycles. The molecule has 4 nitrogen and oxygen atoms in total. The van der Waals surface area contributed by atoms with Gasteiger partial charge in [-0.2, -0.15) is 0 Å². The number of rotatable bonds is 1. The Hall–Kier alpha value is -1.62. The van der Waals surface area contributed by atoms with Gasteiger partial charge in [0.1, 0.15) is 5.82 Å². The van der Waals surface area contributed by atoms with Gasteiger partial charge in [-0.1, -0.05) is 19.3 Å². The summed E-state index contributed by atoms with van der Waals surface area (Å²) >= 11 is 0. The maximum atomic E-state index is 13.9. The van der Waals surface area contributed by atoms with Gasteiger partial charge in [-0.15, -0.1) is 0 Å². The molecular formula is C20H28FN3O. The van der Waals surface area contributed by atoms with Crippen LogP contribution in [0.25, 0.3) is 0 Å². The summed E-state index contributed by atoms with van der Waals surface area (Å²) in [7, 11) is 2.13. The quantitative estimate of drug-likeness (QED) is 0.843. The maximum absolute atomic E-state index is 13.9. The highest BCUT2D eigenvalue weighted by atomic mass is 19.1. The van der Waals surface area contributed by atoms with E-state index >= 15 is 0 Å². The molecule has 0 atom stereocenters. The SMILES string of the molecule is CN1CCC2(CC1)CN(C(=O)NC1CCCCC1)c1ccc(F)cc12. The summed E-state index contributed by atoms with van der Waals surface area (Å²) in [6, 6.07) is 5.22. The second kappa shape index (κ2) is 6.60. The number of nitrogens with one attached hydrogen (secondary N) is 1. The van der Waals surface area contributed by atoms with Crippen molar-refractivity contribution in [2.75, 3.05) is 31.6 Å². The molecule has 25 heavy (non-hydrogen) atoms. The van der Waals surface area contributed by atoms with Gasteiger partial charge < -0.3 is 10.2 Å². The lowest BCUT2D eigenvalue weighted by Gasteiger charge is -2.38. The van der Waals surface area contributed by atoms with Crippen LogP contribution in [0.15, 0.2) is 18.2 Å². The van der Waals surface area contributed by atoms with Crippen molar-refractivity contribution >= 4 is 11.7 Å². The first-order valence-electron chi connectivity index (χ1n) is 9.64. The van der Waals surface area contributed by atoms with Crippen molar-refractivity contribution in [1.29, 1.82) is 0 Å². The van der Waals surface area contributed by atoms with Crippen LogP contribution >= 0.6 is 0 Å². The fourth-order valence-corrected chi connectivity index (χ4v) is 4.80. The Morgan fingerprint density at radius 1 is 1.20 bits per heavy atom. The van der Waals surface area contributed by atoms with Gasteiger partial charge >= 0.3 is 6.03 Å². The van der Waals surface area contributed by atoms with E-state index in [1.807, 2.05) is 4.90 Å². The molecule has 2 heterocycles. The van der Waals surface area contributed by atoms with Crippen LogP contribution in [0.4, 0.5) is 14.9 Å². The molecule has 1 saturated carbocycles. The van der Waals surface area contributed by atoms with Crippen molar-refractivity contribution in [3.63, 3.8) is 0 Å². The second-order valence-electron chi connectivity index (χ2n) is 8.12. The number of hydrogen-bond acceptors (Lipinski definition) is 2. The number of halogens is 1. The lowest BCUT2D eigenvalue weighted by molar-refractivity contribution is 0.194. The number of carbonyl (C=O) groups excluding carboxylic acids is 1. The van der Waals surface area contributed by atoms with Crippen molar-refractivity contribution < 1.29 is 9.18 Å². The summed E-state index contributed by atoms with van der Waals surface area (Å²) in [5, 5.41) is 3.23. The van der Waals surface area contributed by atoms with E-state index in [0.717, 1.165) is 50.0 Å². The number of piperidine rings is 1. The monoisotopic (exact) mass is 345 g/mol. The average molecular weight is 345 g/mol. The molecule has 3 aliphatic rings. The summed E-state index contributed by atoms with van der Waals surface area (Å²) in [6.45, 7) is 2.67. The fourth-order valence-electron chi connectivity index (χ4n) is 4.80. The van der Waals surface area contributed by atoms with Gasteiger partial charge in [0.05, 0.1) is 0 Å². The number of fused-ring (bicyclic) bond motifs is 2. The molecule has 1 aromatic rings. The minimum absolute atomic E-state index is 0.00411. The molecule has 0 unspecified atom stereocenters. The zero-order valence-electron chi connectivity index (χ0n) is 15.1. The molecular weight excluding hydrogens is 317 g/mol. The Balaban J connectivity index is 1.58. The van der Waals surface area contributed by atoms with Gasteiger partial charge in [0, 0.05) is 23.7 Å². The van der Waals surface area contributed by atoms with E-state index < -0.39 is 0 Å². The smallest absolute Gasteiger partial charge is 0.322 e. The predicted octanol–water partition coefficient (Wildman–Crippen LogP) is 3.65. The summed E-state index contributed by atoms with van der Waals surface area (Å²) in [4.78, 5) is 17.1. The predicted molar refractivity (Wildman–Crippen MR) is 97.6 cm³/mol. The topological polar surface area (TPSA) is 35.6 Å². The minimum atomic E-state index is -0.202. The Labute approximate surface area is 149 Å². The summed E-state index contributed by atoms with van der Waals surface area (Å²) in [6.07, 6.45) is 7.78. The average Bonchev–Trinajstić information content (AvgIpc) is 2.93. The van der Waals surface area contributed by atoms with Crippen LogP contribution < -0.4 is 10.2 Å². The Kier molecular flexibility index (Phi) is 4.44. The second-order valence-corrected chi connectivity index (χ2v) is 8.12. The van der Waals surface area contributed by atoms with E-state index in [-0.39, 0.29) is 17.3 Å². The number of anilines is 1. The molecule has 1 spiro atoms. The van der Waals surface area contributed by atoms with Crippen LogP contribution in [0, 0.1) is 5.82 Å². The third-order valence-corrected chi connectivity index (χ3v) is 6.40. The number of carbonyl (C=O) groups is 1. The van der Waals surface area contributed by atoms with Crippen LogP contribution in [-0.4, -0.2) is 43.7 Å². The molecule has 0 radical (unpaired) electrons. The zero-order chi connectivity index (χ0) is 17.4. The molecule has 1 saturated heterocycles. The highest BCUT2D eigenvalue weighted by molar-refractivity contribution is 5.95. The number of nitrogens with zero attached hydrogens (tertiary/aromatic N) is 2. The van der Waals surface area contributed by atoms with Crippen molar-refractivity contribution in [1.82, 2.24) is 10.2 Å². The van der Waals surface area contributed by atoms with E-state index in [0.29, 0.717) is 12.6 Å². The van der Waals surface area contributed by atoms with Gasteiger partial charge in [-0.25, -0.2) is 9.18 Å². The highest BCUT2D eigenvalue weighted by Gasteiger charge is 2.46. The van der Waals surface area contributed by atoms with Gasteiger partial charge in [-0.3, -0.25) is 4.90 Å². The minimum Gasteiger partial charge on any atom is -0.335 e. The van der Waals surface area contributed by atoms with E-state index in [1.165, 1.54) is 25.3 Å². The molecule has 2 amide bonds. The molecule has 136 valence electrons.